The van der Waals surface area contributed by atoms with Gasteiger partial charge in [0.1, 0.15) is 17.7 Å². The Hall–Kier alpha value is -2.95. The largest absolute Gasteiger partial charge is 0.394 e. The summed E-state index contributed by atoms with van der Waals surface area (Å²) in [5.41, 5.74) is 0.321. The van der Waals surface area contributed by atoms with E-state index in [1.54, 1.807) is 24.3 Å². The number of amides is 4. The third-order valence-electron chi connectivity index (χ3n) is 5.14. The maximum Gasteiger partial charge on any atom is 0.319 e. The van der Waals surface area contributed by atoms with E-state index in [-0.39, 0.29) is 24.4 Å². The Labute approximate surface area is 194 Å². The average Bonchev–Trinajstić information content (AvgIpc) is 2.78. The molecular formula is C22H25ClF2N4O4. The fourth-order valence-electron chi connectivity index (χ4n) is 3.48. The number of nitrogens with one attached hydrogen (secondary N) is 4. The number of carbonyl (C=O) groups is 2. The monoisotopic (exact) mass is 482 g/mol. The first kappa shape index (κ1) is 24.7. The molecule has 3 rings (SSSR count). The lowest BCUT2D eigenvalue weighted by Crippen LogP contribution is -2.52. The summed E-state index contributed by atoms with van der Waals surface area (Å²) in [4.78, 5) is 24.2. The third-order valence-corrected chi connectivity index (χ3v) is 5.39. The van der Waals surface area contributed by atoms with Gasteiger partial charge in [-0.1, -0.05) is 11.6 Å². The molecule has 0 aliphatic carbocycles. The van der Waals surface area contributed by atoms with Crippen LogP contribution in [0.3, 0.4) is 0 Å². The number of halogens is 3. The molecule has 1 aliphatic heterocycles. The van der Waals surface area contributed by atoms with E-state index >= 15 is 0 Å². The van der Waals surface area contributed by atoms with Crippen molar-refractivity contribution >= 4 is 35.0 Å². The Balaban J connectivity index is 1.41. The summed E-state index contributed by atoms with van der Waals surface area (Å²) in [6, 6.07) is 7.84. The van der Waals surface area contributed by atoms with Crippen molar-refractivity contribution in [2.45, 2.75) is 37.5 Å². The van der Waals surface area contributed by atoms with Crippen LogP contribution in [0.1, 0.15) is 19.3 Å². The summed E-state index contributed by atoms with van der Waals surface area (Å²) < 4.78 is 32.8. The average molecular weight is 483 g/mol. The molecule has 33 heavy (non-hydrogen) atoms. The highest BCUT2D eigenvalue weighted by molar-refractivity contribution is 6.30. The van der Waals surface area contributed by atoms with Crippen LogP contribution in [-0.4, -0.2) is 48.6 Å². The fourth-order valence-corrected chi connectivity index (χ4v) is 3.61. The smallest absolute Gasteiger partial charge is 0.319 e. The molecule has 0 spiro atoms. The number of ether oxygens (including phenoxy) is 1. The molecule has 3 atom stereocenters. The number of hydrogen-bond donors (Lipinski definition) is 5. The zero-order valence-corrected chi connectivity index (χ0v) is 18.4. The van der Waals surface area contributed by atoms with Gasteiger partial charge in [0.25, 0.3) is 0 Å². The van der Waals surface area contributed by atoms with E-state index in [0.29, 0.717) is 36.5 Å². The highest BCUT2D eigenvalue weighted by atomic mass is 35.5. The number of carbonyl (C=O) groups excluding carboxylic acids is 2. The molecule has 1 aliphatic rings. The van der Waals surface area contributed by atoms with Crippen molar-refractivity contribution in [3.05, 3.63) is 59.1 Å². The topological polar surface area (TPSA) is 112 Å². The normalized spacial score (nSPS) is 20.1. The van der Waals surface area contributed by atoms with Crippen LogP contribution in [0.2, 0.25) is 5.02 Å². The molecule has 4 amide bonds. The first-order valence-corrected chi connectivity index (χ1v) is 10.8. The zero-order chi connectivity index (χ0) is 23.8. The summed E-state index contributed by atoms with van der Waals surface area (Å²) in [6.45, 7) is 0.0138. The molecule has 8 nitrogen and oxygen atoms in total. The molecule has 0 radical (unpaired) electrons. The van der Waals surface area contributed by atoms with Crippen molar-refractivity contribution in [2.24, 2.45) is 0 Å². The minimum Gasteiger partial charge on any atom is -0.394 e. The number of rotatable bonds is 7. The van der Waals surface area contributed by atoms with E-state index in [9.17, 15) is 23.5 Å². The standard InChI is InChI=1S/C22H25ClF2N4O4/c23-13-1-4-15(5-2-13)27-21(31)26-10-9-16-6-8-18(20(12-30)33-16)28-22(32)29-19-11-14(24)3-7-17(19)25/h1-5,7,11,16,18,20,30H,6,8-10,12H2,(H2,26,27,31)(H2,28,29,32)/t16-,18-,20+/m1/s1. The minimum absolute atomic E-state index is 0.222. The number of anilines is 2. The van der Waals surface area contributed by atoms with Gasteiger partial charge in [-0.25, -0.2) is 18.4 Å². The summed E-state index contributed by atoms with van der Waals surface area (Å²) in [6.07, 6.45) is 0.703. The first-order chi connectivity index (χ1) is 15.8. The molecule has 11 heteroatoms. The molecule has 0 unspecified atom stereocenters. The summed E-state index contributed by atoms with van der Waals surface area (Å²) in [5, 5.41) is 20.5. The second-order valence-electron chi connectivity index (χ2n) is 7.56. The van der Waals surface area contributed by atoms with Crippen LogP contribution in [0.25, 0.3) is 0 Å². The number of aliphatic hydroxyl groups is 1. The second kappa shape index (κ2) is 11.8. The van der Waals surface area contributed by atoms with Crippen LogP contribution >= 0.6 is 11.6 Å². The molecule has 0 aromatic heterocycles. The highest BCUT2D eigenvalue weighted by Gasteiger charge is 2.32. The van der Waals surface area contributed by atoms with E-state index in [1.807, 2.05) is 0 Å². The van der Waals surface area contributed by atoms with Gasteiger partial charge in [0.2, 0.25) is 0 Å². The van der Waals surface area contributed by atoms with Gasteiger partial charge in [-0.05, 0) is 55.7 Å². The van der Waals surface area contributed by atoms with Crippen molar-refractivity contribution in [1.29, 1.82) is 0 Å². The van der Waals surface area contributed by atoms with Gasteiger partial charge in [-0.15, -0.1) is 0 Å². The SMILES string of the molecule is O=C(NCC[C@H]1CC[C@@H](NC(=O)Nc2cc(F)ccc2F)[C@H](CO)O1)Nc1ccc(Cl)cc1. The van der Waals surface area contributed by atoms with Crippen molar-refractivity contribution in [3.8, 4) is 0 Å². The number of aliphatic hydroxyl groups excluding tert-OH is 1. The molecular weight excluding hydrogens is 458 g/mol. The maximum atomic E-state index is 13.7. The van der Waals surface area contributed by atoms with E-state index in [1.165, 1.54) is 0 Å². The summed E-state index contributed by atoms with van der Waals surface area (Å²) >= 11 is 5.81. The van der Waals surface area contributed by atoms with Crippen LogP contribution in [0.15, 0.2) is 42.5 Å². The minimum atomic E-state index is -0.766. The van der Waals surface area contributed by atoms with Gasteiger partial charge in [-0.2, -0.15) is 0 Å². The van der Waals surface area contributed by atoms with Gasteiger partial charge >= 0.3 is 12.1 Å². The van der Waals surface area contributed by atoms with E-state index in [0.717, 1.165) is 18.2 Å². The predicted molar refractivity (Wildman–Crippen MR) is 120 cm³/mol. The van der Waals surface area contributed by atoms with Crippen LogP contribution < -0.4 is 21.3 Å². The Kier molecular flexibility index (Phi) is 8.81. The number of hydrogen-bond acceptors (Lipinski definition) is 4. The fraction of sp³-hybridized carbons (Fsp3) is 0.364. The molecule has 178 valence electrons. The molecule has 1 fully saturated rings. The van der Waals surface area contributed by atoms with Gasteiger partial charge in [0.05, 0.1) is 24.4 Å². The summed E-state index contributed by atoms with van der Waals surface area (Å²) in [5.74, 6) is -1.45. The number of benzene rings is 2. The Morgan fingerprint density at radius 3 is 2.55 bits per heavy atom. The lowest BCUT2D eigenvalue weighted by atomic mass is 9.97. The lowest BCUT2D eigenvalue weighted by molar-refractivity contribution is -0.0885. The molecule has 2 aromatic carbocycles. The van der Waals surface area contributed by atoms with Crippen LogP contribution in [0, 0.1) is 11.6 Å². The summed E-state index contributed by atoms with van der Waals surface area (Å²) in [7, 11) is 0. The predicted octanol–water partition coefficient (Wildman–Crippen LogP) is 3.86. The molecule has 1 saturated heterocycles. The maximum absolute atomic E-state index is 13.7. The third kappa shape index (κ3) is 7.55. The quantitative estimate of drug-likeness (QED) is 0.412. The Morgan fingerprint density at radius 1 is 1.06 bits per heavy atom. The zero-order valence-electron chi connectivity index (χ0n) is 17.6. The molecule has 0 saturated carbocycles. The second-order valence-corrected chi connectivity index (χ2v) is 8.00. The van der Waals surface area contributed by atoms with Crippen molar-refractivity contribution in [3.63, 3.8) is 0 Å². The molecule has 0 bridgehead atoms. The van der Waals surface area contributed by atoms with Crippen molar-refractivity contribution < 1.29 is 28.2 Å². The Bertz CT molecular complexity index is 964. The molecule has 5 N–H and O–H groups in total. The van der Waals surface area contributed by atoms with Crippen LogP contribution in [-0.2, 0) is 4.74 Å². The van der Waals surface area contributed by atoms with Crippen LogP contribution in [0.5, 0.6) is 0 Å². The van der Waals surface area contributed by atoms with E-state index in [2.05, 4.69) is 21.3 Å². The number of urea groups is 2. The van der Waals surface area contributed by atoms with Gasteiger partial charge in [0, 0.05) is 23.3 Å². The molecule has 1 heterocycles. The van der Waals surface area contributed by atoms with E-state index in [4.69, 9.17) is 16.3 Å². The van der Waals surface area contributed by atoms with Crippen molar-refractivity contribution in [1.82, 2.24) is 10.6 Å². The Morgan fingerprint density at radius 2 is 1.82 bits per heavy atom. The van der Waals surface area contributed by atoms with Gasteiger partial charge in [0.15, 0.2) is 0 Å². The first-order valence-electron chi connectivity index (χ1n) is 10.4. The lowest BCUT2D eigenvalue weighted by Gasteiger charge is -2.36. The van der Waals surface area contributed by atoms with E-state index < -0.39 is 29.8 Å². The van der Waals surface area contributed by atoms with Gasteiger partial charge in [-0.3, -0.25) is 0 Å². The van der Waals surface area contributed by atoms with Crippen molar-refractivity contribution in [2.75, 3.05) is 23.8 Å². The molecule has 2 aromatic rings. The highest BCUT2D eigenvalue weighted by Crippen LogP contribution is 2.22. The van der Waals surface area contributed by atoms with Gasteiger partial charge < -0.3 is 31.1 Å². The van der Waals surface area contributed by atoms with Crippen LogP contribution in [0.4, 0.5) is 29.7 Å².